The fraction of sp³-hybridized carbons (Fsp3) is 0.500. The smallest absolute Gasteiger partial charge is 0.241 e. The van der Waals surface area contributed by atoms with E-state index < -0.39 is 0 Å². The molecule has 2 aromatic rings. The Morgan fingerprint density at radius 1 is 1.50 bits per heavy atom. The van der Waals surface area contributed by atoms with Crippen molar-refractivity contribution in [1.29, 1.82) is 0 Å². The number of nitrogens with zero attached hydrogens (tertiary/aromatic N) is 3. The molecule has 1 amide bonds. The molecule has 118 valence electrons. The standard InChI is InChI=1S/C14H16ClN3O3S/c1-8(11-3-4-12(15)22-11)14(19)18-5-6-20-7-10(18)13-17-16-9(2)21-13/h3-4,8,10H,5-7H2,1-2H3/t8-,10-/m0/s1. The number of aryl methyl sites for hydroxylation is 1. The van der Waals surface area contributed by atoms with E-state index in [1.54, 1.807) is 11.8 Å². The number of hydrogen-bond acceptors (Lipinski definition) is 6. The van der Waals surface area contributed by atoms with Crippen LogP contribution in [-0.2, 0) is 9.53 Å². The van der Waals surface area contributed by atoms with Crippen LogP contribution >= 0.6 is 22.9 Å². The predicted octanol–water partition coefficient (Wildman–Crippen LogP) is 2.80. The molecule has 2 atom stereocenters. The van der Waals surface area contributed by atoms with Gasteiger partial charge in [0.25, 0.3) is 0 Å². The molecule has 0 unspecified atom stereocenters. The first-order valence-electron chi connectivity index (χ1n) is 6.99. The van der Waals surface area contributed by atoms with Crippen LogP contribution in [-0.4, -0.2) is 40.8 Å². The van der Waals surface area contributed by atoms with Crippen molar-refractivity contribution in [1.82, 2.24) is 15.1 Å². The Kier molecular flexibility index (Phi) is 4.46. The van der Waals surface area contributed by atoms with E-state index >= 15 is 0 Å². The molecule has 0 aliphatic carbocycles. The maximum atomic E-state index is 12.8. The molecule has 2 aromatic heterocycles. The van der Waals surface area contributed by atoms with E-state index in [1.165, 1.54) is 11.3 Å². The third-order valence-electron chi connectivity index (χ3n) is 3.63. The molecule has 1 aliphatic rings. The zero-order chi connectivity index (χ0) is 15.7. The lowest BCUT2D eigenvalue weighted by Crippen LogP contribution is -2.45. The second kappa shape index (κ2) is 6.36. The second-order valence-corrected chi connectivity index (χ2v) is 6.89. The van der Waals surface area contributed by atoms with Gasteiger partial charge < -0.3 is 14.1 Å². The van der Waals surface area contributed by atoms with Crippen molar-refractivity contribution in [2.75, 3.05) is 19.8 Å². The van der Waals surface area contributed by atoms with Gasteiger partial charge in [-0.05, 0) is 19.1 Å². The number of carbonyl (C=O) groups is 1. The molecular formula is C14H16ClN3O3S. The fourth-order valence-corrected chi connectivity index (χ4v) is 3.56. The number of hydrogen-bond donors (Lipinski definition) is 0. The van der Waals surface area contributed by atoms with Gasteiger partial charge in [0.15, 0.2) is 0 Å². The maximum absolute atomic E-state index is 12.8. The van der Waals surface area contributed by atoms with Crippen molar-refractivity contribution in [3.05, 3.63) is 33.1 Å². The highest BCUT2D eigenvalue weighted by Crippen LogP contribution is 2.32. The van der Waals surface area contributed by atoms with Crippen molar-refractivity contribution in [2.24, 2.45) is 0 Å². The lowest BCUT2D eigenvalue weighted by Gasteiger charge is -2.35. The Morgan fingerprint density at radius 2 is 2.32 bits per heavy atom. The van der Waals surface area contributed by atoms with Crippen LogP contribution in [0, 0.1) is 6.92 Å². The zero-order valence-electron chi connectivity index (χ0n) is 12.3. The van der Waals surface area contributed by atoms with Gasteiger partial charge in [0.1, 0.15) is 6.04 Å². The molecule has 1 aliphatic heterocycles. The number of carbonyl (C=O) groups excluding carboxylic acids is 1. The summed E-state index contributed by atoms with van der Waals surface area (Å²) in [5.74, 6) is 0.651. The van der Waals surface area contributed by atoms with Gasteiger partial charge >= 0.3 is 0 Å². The minimum Gasteiger partial charge on any atom is -0.423 e. The van der Waals surface area contributed by atoms with E-state index in [0.29, 0.717) is 35.9 Å². The summed E-state index contributed by atoms with van der Waals surface area (Å²) in [5.41, 5.74) is 0. The van der Waals surface area contributed by atoms with Crippen LogP contribution in [0.25, 0.3) is 0 Å². The average molecular weight is 342 g/mol. The summed E-state index contributed by atoms with van der Waals surface area (Å²) in [7, 11) is 0. The van der Waals surface area contributed by atoms with Crippen molar-refractivity contribution >= 4 is 28.8 Å². The summed E-state index contributed by atoms with van der Waals surface area (Å²) in [5, 5.41) is 7.87. The number of amides is 1. The van der Waals surface area contributed by atoms with Crippen molar-refractivity contribution in [2.45, 2.75) is 25.8 Å². The molecule has 0 radical (unpaired) electrons. The van der Waals surface area contributed by atoms with E-state index in [2.05, 4.69) is 10.2 Å². The first-order chi connectivity index (χ1) is 10.6. The number of rotatable bonds is 3. The summed E-state index contributed by atoms with van der Waals surface area (Å²) in [6.45, 7) is 4.99. The Balaban J connectivity index is 1.82. The molecule has 0 bridgehead atoms. The number of aromatic nitrogens is 2. The minimum atomic E-state index is -0.333. The number of thiophene rings is 1. The highest BCUT2D eigenvalue weighted by molar-refractivity contribution is 7.16. The Morgan fingerprint density at radius 3 is 2.95 bits per heavy atom. The first kappa shape index (κ1) is 15.5. The van der Waals surface area contributed by atoms with Gasteiger partial charge in [0, 0.05) is 18.3 Å². The van der Waals surface area contributed by atoms with Crippen LogP contribution in [0.1, 0.15) is 35.5 Å². The van der Waals surface area contributed by atoms with E-state index in [0.717, 1.165) is 4.88 Å². The zero-order valence-corrected chi connectivity index (χ0v) is 13.9. The normalized spacial score (nSPS) is 20.1. The van der Waals surface area contributed by atoms with E-state index in [-0.39, 0.29) is 17.9 Å². The summed E-state index contributed by atoms with van der Waals surface area (Å²) in [6.07, 6.45) is 0. The molecule has 0 N–H and O–H groups in total. The number of ether oxygens (including phenoxy) is 1. The third kappa shape index (κ3) is 3.02. The molecule has 8 heteroatoms. The van der Waals surface area contributed by atoms with Gasteiger partial charge in [-0.25, -0.2) is 0 Å². The summed E-state index contributed by atoms with van der Waals surface area (Å²) >= 11 is 7.39. The fourth-order valence-electron chi connectivity index (χ4n) is 2.45. The summed E-state index contributed by atoms with van der Waals surface area (Å²) < 4.78 is 11.6. The van der Waals surface area contributed by atoms with Crippen molar-refractivity contribution < 1.29 is 13.9 Å². The highest BCUT2D eigenvalue weighted by atomic mass is 35.5. The van der Waals surface area contributed by atoms with Crippen LogP contribution in [0.3, 0.4) is 0 Å². The molecule has 3 rings (SSSR count). The van der Waals surface area contributed by atoms with Gasteiger partial charge in [0.2, 0.25) is 17.7 Å². The molecule has 0 spiro atoms. The minimum absolute atomic E-state index is 0.0164. The van der Waals surface area contributed by atoms with Gasteiger partial charge in [-0.3, -0.25) is 4.79 Å². The predicted molar refractivity (Wildman–Crippen MR) is 82.1 cm³/mol. The largest absolute Gasteiger partial charge is 0.423 e. The lowest BCUT2D eigenvalue weighted by molar-refractivity contribution is -0.142. The molecule has 0 saturated carbocycles. The number of morpholine rings is 1. The molecule has 6 nitrogen and oxygen atoms in total. The van der Waals surface area contributed by atoms with E-state index in [1.807, 2.05) is 19.1 Å². The molecule has 0 aromatic carbocycles. The SMILES string of the molecule is Cc1nnc([C@@H]2COCCN2C(=O)[C@@H](C)c2ccc(Cl)s2)o1. The number of halogens is 1. The van der Waals surface area contributed by atoms with Crippen LogP contribution in [0.2, 0.25) is 4.34 Å². The van der Waals surface area contributed by atoms with Gasteiger partial charge in [0.05, 0.1) is 23.5 Å². The van der Waals surface area contributed by atoms with E-state index in [9.17, 15) is 4.79 Å². The molecule has 22 heavy (non-hydrogen) atoms. The quantitative estimate of drug-likeness (QED) is 0.858. The Bertz CT molecular complexity index is 672. The molecule has 1 saturated heterocycles. The van der Waals surface area contributed by atoms with Gasteiger partial charge in [-0.2, -0.15) is 0 Å². The Hall–Kier alpha value is -1.44. The van der Waals surface area contributed by atoms with Crippen molar-refractivity contribution in [3.8, 4) is 0 Å². The monoisotopic (exact) mass is 341 g/mol. The summed E-state index contributed by atoms with van der Waals surface area (Å²) in [4.78, 5) is 15.5. The van der Waals surface area contributed by atoms with Crippen LogP contribution in [0.5, 0.6) is 0 Å². The van der Waals surface area contributed by atoms with Crippen LogP contribution in [0.15, 0.2) is 16.5 Å². The summed E-state index contributed by atoms with van der Waals surface area (Å²) in [6, 6.07) is 3.37. The maximum Gasteiger partial charge on any atom is 0.241 e. The van der Waals surface area contributed by atoms with Crippen molar-refractivity contribution in [3.63, 3.8) is 0 Å². The molecule has 3 heterocycles. The van der Waals surface area contributed by atoms with E-state index in [4.69, 9.17) is 20.8 Å². The molecular weight excluding hydrogens is 326 g/mol. The first-order valence-corrected chi connectivity index (χ1v) is 8.19. The second-order valence-electron chi connectivity index (χ2n) is 5.15. The van der Waals surface area contributed by atoms with Crippen LogP contribution < -0.4 is 0 Å². The molecule has 1 fully saturated rings. The Labute approximate surface area is 137 Å². The average Bonchev–Trinajstić information content (AvgIpc) is 3.14. The topological polar surface area (TPSA) is 68.5 Å². The third-order valence-corrected chi connectivity index (χ3v) is 5.04. The highest BCUT2D eigenvalue weighted by Gasteiger charge is 2.35. The lowest BCUT2D eigenvalue weighted by atomic mass is 10.1. The van der Waals surface area contributed by atoms with Gasteiger partial charge in [-0.1, -0.05) is 11.6 Å². The van der Waals surface area contributed by atoms with Crippen LogP contribution in [0.4, 0.5) is 0 Å². The van der Waals surface area contributed by atoms with Gasteiger partial charge in [-0.15, -0.1) is 21.5 Å².